The highest BCUT2D eigenvalue weighted by Gasteiger charge is 2.18. The van der Waals surface area contributed by atoms with Crippen LogP contribution in [-0.4, -0.2) is 16.7 Å². The summed E-state index contributed by atoms with van der Waals surface area (Å²) < 4.78 is 0. The summed E-state index contributed by atoms with van der Waals surface area (Å²) in [5, 5.41) is 16.5. The molecule has 0 unspecified atom stereocenters. The van der Waals surface area contributed by atoms with Crippen molar-refractivity contribution in [2.75, 3.05) is 5.32 Å². The van der Waals surface area contributed by atoms with Crippen LogP contribution >= 0.6 is 0 Å². The van der Waals surface area contributed by atoms with Crippen LogP contribution in [0.2, 0.25) is 0 Å². The number of benzene rings is 3. The highest BCUT2D eigenvalue weighted by molar-refractivity contribution is 6.10. The molecule has 0 fully saturated rings. The molecule has 0 spiro atoms. The minimum atomic E-state index is -0.506. The average molecular weight is 472 g/mol. The molecule has 3 rings (SSSR count). The molecule has 0 bridgehead atoms. The number of nitrogens with zero attached hydrogens (tertiary/aromatic N) is 1. The summed E-state index contributed by atoms with van der Waals surface area (Å²) in [6.45, 7) is 10.1. The Balaban J connectivity index is 1.91. The van der Waals surface area contributed by atoms with E-state index in [0.29, 0.717) is 16.8 Å². The van der Waals surface area contributed by atoms with E-state index < -0.39 is 16.7 Å². The van der Waals surface area contributed by atoms with Crippen molar-refractivity contribution in [3.63, 3.8) is 0 Å². The van der Waals surface area contributed by atoms with Gasteiger partial charge < -0.3 is 10.6 Å². The zero-order chi connectivity index (χ0) is 25.8. The molecule has 0 heterocycles. The van der Waals surface area contributed by atoms with E-state index in [1.165, 1.54) is 30.3 Å². The first kappa shape index (κ1) is 25.4. The van der Waals surface area contributed by atoms with Crippen molar-refractivity contribution < 1.29 is 14.5 Å². The highest BCUT2D eigenvalue weighted by atomic mass is 16.6. The van der Waals surface area contributed by atoms with Gasteiger partial charge in [-0.05, 0) is 84.0 Å². The lowest BCUT2D eigenvalue weighted by molar-refractivity contribution is -0.384. The second-order valence-electron chi connectivity index (χ2n) is 9.52. The number of carbonyl (C=O) groups excluding carboxylic acids is 2. The zero-order valence-electron chi connectivity index (χ0n) is 20.5. The zero-order valence-corrected chi connectivity index (χ0v) is 20.5. The molecule has 180 valence electrons. The number of hydrogen-bond donors (Lipinski definition) is 2. The van der Waals surface area contributed by atoms with Gasteiger partial charge in [0, 0.05) is 23.4 Å². The van der Waals surface area contributed by atoms with E-state index in [4.69, 9.17) is 0 Å². The van der Waals surface area contributed by atoms with Crippen LogP contribution in [0.3, 0.4) is 0 Å². The molecule has 7 nitrogen and oxygen atoms in total. The van der Waals surface area contributed by atoms with Gasteiger partial charge >= 0.3 is 0 Å². The topological polar surface area (TPSA) is 101 Å². The summed E-state index contributed by atoms with van der Waals surface area (Å²) in [5.74, 6) is -0.942. The van der Waals surface area contributed by atoms with Crippen molar-refractivity contribution in [2.45, 2.75) is 40.0 Å². The number of nitro benzene ring substituents is 1. The first-order valence-electron chi connectivity index (χ1n) is 11.2. The van der Waals surface area contributed by atoms with Crippen LogP contribution in [0.4, 0.5) is 11.4 Å². The maximum Gasteiger partial charge on any atom is 0.272 e. The molecule has 0 aliphatic heterocycles. The molecule has 0 saturated heterocycles. The number of aryl methyl sites for hydroxylation is 2. The molecule has 0 aliphatic carbocycles. The molecule has 2 amide bonds. The molecule has 0 aromatic heterocycles. The largest absolute Gasteiger partial charge is 0.321 e. The number of nitro groups is 1. The van der Waals surface area contributed by atoms with Crippen molar-refractivity contribution in [2.24, 2.45) is 0 Å². The molecule has 35 heavy (non-hydrogen) atoms. The number of anilines is 1. The second kappa shape index (κ2) is 10.3. The van der Waals surface area contributed by atoms with Gasteiger partial charge in [-0.3, -0.25) is 19.7 Å². The second-order valence-corrected chi connectivity index (χ2v) is 9.52. The fourth-order valence-electron chi connectivity index (χ4n) is 3.58. The van der Waals surface area contributed by atoms with Gasteiger partial charge in [0.2, 0.25) is 0 Å². The van der Waals surface area contributed by atoms with Crippen LogP contribution in [0.5, 0.6) is 0 Å². The van der Waals surface area contributed by atoms with Gasteiger partial charge in [-0.1, -0.05) is 39.0 Å². The number of carbonyl (C=O) groups is 2. The maximum atomic E-state index is 13.2. The van der Waals surface area contributed by atoms with Crippen molar-refractivity contribution >= 4 is 29.3 Å². The van der Waals surface area contributed by atoms with Gasteiger partial charge in [0.05, 0.1) is 4.92 Å². The molecule has 0 atom stereocenters. The SMILES string of the molecule is Cc1cc(C)cc(NC(=O)C(=Cc2ccc([N+](=O)[O-])cc2)NC(=O)c2ccc(C(C)(C)C)cc2)c1. The molecule has 2 N–H and O–H groups in total. The van der Waals surface area contributed by atoms with E-state index in [2.05, 4.69) is 31.4 Å². The quantitative estimate of drug-likeness (QED) is 0.265. The summed E-state index contributed by atoms with van der Waals surface area (Å²) in [5.41, 5.74) is 4.51. The van der Waals surface area contributed by atoms with Gasteiger partial charge in [-0.2, -0.15) is 0 Å². The summed E-state index contributed by atoms with van der Waals surface area (Å²) >= 11 is 0. The van der Waals surface area contributed by atoms with Crippen molar-refractivity contribution in [1.82, 2.24) is 5.32 Å². The van der Waals surface area contributed by atoms with Crippen LogP contribution in [0.1, 0.15) is 53.4 Å². The first-order valence-corrected chi connectivity index (χ1v) is 11.2. The minimum Gasteiger partial charge on any atom is -0.321 e. The lowest BCUT2D eigenvalue weighted by Crippen LogP contribution is -2.30. The Hall–Kier alpha value is -4.26. The lowest BCUT2D eigenvalue weighted by atomic mass is 9.87. The summed E-state index contributed by atoms with van der Waals surface area (Å²) in [6, 6.07) is 18.6. The van der Waals surface area contributed by atoms with Crippen molar-refractivity contribution in [3.8, 4) is 0 Å². The maximum absolute atomic E-state index is 13.2. The Kier molecular flexibility index (Phi) is 7.49. The molecular formula is C28H29N3O4. The monoisotopic (exact) mass is 471 g/mol. The van der Waals surface area contributed by atoms with Gasteiger partial charge in [0.1, 0.15) is 5.70 Å². The average Bonchev–Trinajstić information content (AvgIpc) is 2.77. The van der Waals surface area contributed by atoms with E-state index in [1.807, 2.05) is 44.2 Å². The van der Waals surface area contributed by atoms with Crippen LogP contribution < -0.4 is 10.6 Å². The van der Waals surface area contributed by atoms with Crippen LogP contribution in [-0.2, 0) is 10.2 Å². The molecular weight excluding hydrogens is 442 g/mol. The van der Waals surface area contributed by atoms with E-state index in [0.717, 1.165) is 16.7 Å². The third-order valence-corrected chi connectivity index (χ3v) is 5.40. The summed E-state index contributed by atoms with van der Waals surface area (Å²) in [6.07, 6.45) is 1.49. The first-order chi connectivity index (χ1) is 16.4. The van der Waals surface area contributed by atoms with Gasteiger partial charge in [0.15, 0.2) is 0 Å². The highest BCUT2D eigenvalue weighted by Crippen LogP contribution is 2.22. The third kappa shape index (κ3) is 6.86. The number of non-ortho nitro benzene ring substituents is 1. The van der Waals surface area contributed by atoms with Gasteiger partial charge in [0.25, 0.3) is 17.5 Å². The summed E-state index contributed by atoms with van der Waals surface area (Å²) in [4.78, 5) is 36.6. The van der Waals surface area contributed by atoms with Gasteiger partial charge in [-0.15, -0.1) is 0 Å². The van der Waals surface area contributed by atoms with Crippen LogP contribution in [0.15, 0.2) is 72.4 Å². The molecule has 3 aromatic carbocycles. The smallest absolute Gasteiger partial charge is 0.272 e. The van der Waals surface area contributed by atoms with E-state index in [1.54, 1.807) is 12.1 Å². The number of hydrogen-bond acceptors (Lipinski definition) is 4. The predicted octanol–water partition coefficient (Wildman–Crippen LogP) is 5.92. The molecule has 0 radical (unpaired) electrons. The third-order valence-electron chi connectivity index (χ3n) is 5.40. The van der Waals surface area contributed by atoms with Gasteiger partial charge in [-0.25, -0.2) is 0 Å². The standard InChI is InChI=1S/C28H29N3O4/c1-18-14-19(2)16-23(15-18)29-27(33)25(17-20-6-12-24(13-7-20)31(34)35)30-26(32)21-8-10-22(11-9-21)28(3,4)5/h6-17H,1-5H3,(H,29,33)(H,30,32). The normalized spacial score (nSPS) is 11.6. The lowest BCUT2D eigenvalue weighted by Gasteiger charge is -2.19. The Morgan fingerprint density at radius 2 is 1.46 bits per heavy atom. The van der Waals surface area contributed by atoms with Crippen LogP contribution in [0.25, 0.3) is 6.08 Å². The summed E-state index contributed by atoms with van der Waals surface area (Å²) in [7, 11) is 0. The Bertz CT molecular complexity index is 1270. The van der Waals surface area contributed by atoms with Crippen molar-refractivity contribution in [3.05, 3.63) is 110 Å². The fourth-order valence-corrected chi connectivity index (χ4v) is 3.58. The van der Waals surface area contributed by atoms with E-state index in [9.17, 15) is 19.7 Å². The minimum absolute atomic E-state index is 0.0166. The molecule has 7 heteroatoms. The number of nitrogens with one attached hydrogen (secondary N) is 2. The molecule has 0 saturated carbocycles. The number of amides is 2. The molecule has 3 aromatic rings. The Morgan fingerprint density at radius 3 is 1.97 bits per heavy atom. The Labute approximate surface area is 205 Å². The van der Waals surface area contributed by atoms with E-state index >= 15 is 0 Å². The predicted molar refractivity (Wildman–Crippen MR) is 138 cm³/mol. The molecule has 0 aliphatic rings. The fraction of sp³-hybridized carbons (Fsp3) is 0.214. The van der Waals surface area contributed by atoms with Crippen molar-refractivity contribution in [1.29, 1.82) is 0 Å². The Morgan fingerprint density at radius 1 is 0.886 bits per heavy atom. The van der Waals surface area contributed by atoms with Crippen LogP contribution in [0, 0.1) is 24.0 Å². The number of rotatable bonds is 6. The van der Waals surface area contributed by atoms with E-state index in [-0.39, 0.29) is 16.8 Å².